The van der Waals surface area contributed by atoms with Crippen LogP contribution in [0.1, 0.15) is 28.6 Å². The molecule has 2 N–H and O–H groups in total. The zero-order valence-corrected chi connectivity index (χ0v) is 12.5. The summed E-state index contributed by atoms with van der Waals surface area (Å²) in [4.78, 5) is 0. The van der Waals surface area contributed by atoms with E-state index < -0.39 is 0 Å². The van der Waals surface area contributed by atoms with E-state index in [1.165, 1.54) is 16.8 Å². The quantitative estimate of drug-likeness (QED) is 0.947. The third-order valence-electron chi connectivity index (χ3n) is 3.16. The molecule has 18 heavy (non-hydrogen) atoms. The van der Waals surface area contributed by atoms with Crippen LogP contribution in [0.3, 0.4) is 0 Å². The summed E-state index contributed by atoms with van der Waals surface area (Å²) in [5.41, 5.74) is 10.9. The van der Waals surface area contributed by atoms with Gasteiger partial charge in [0.05, 0.1) is 5.69 Å². The van der Waals surface area contributed by atoms with Gasteiger partial charge < -0.3 is 5.73 Å². The van der Waals surface area contributed by atoms with Gasteiger partial charge in [0.1, 0.15) is 0 Å². The minimum Gasteiger partial charge on any atom is -0.324 e. The molecule has 0 aliphatic heterocycles. The lowest BCUT2D eigenvalue weighted by Crippen LogP contribution is -2.16. The number of nitrogens with zero attached hydrogens (tertiary/aromatic N) is 2. The van der Waals surface area contributed by atoms with Gasteiger partial charge in [0.2, 0.25) is 0 Å². The van der Waals surface area contributed by atoms with Crippen LogP contribution in [0.15, 0.2) is 28.7 Å². The zero-order chi connectivity index (χ0) is 13.3. The Bertz CT molecular complexity index is 560. The molecule has 1 aromatic carbocycles. The summed E-state index contributed by atoms with van der Waals surface area (Å²) in [6.45, 7) is 4.09. The minimum atomic E-state index is 0.00731. The second kappa shape index (κ2) is 5.24. The molecule has 0 amide bonds. The van der Waals surface area contributed by atoms with Crippen molar-refractivity contribution < 1.29 is 0 Å². The molecular formula is C14H18BrN3. The smallest absolute Gasteiger partial charge is 0.0596 e. The van der Waals surface area contributed by atoms with Crippen LogP contribution in [0.25, 0.3) is 0 Å². The Morgan fingerprint density at radius 3 is 2.61 bits per heavy atom. The van der Waals surface area contributed by atoms with Crippen molar-refractivity contribution in [3.05, 3.63) is 51.3 Å². The van der Waals surface area contributed by atoms with E-state index in [1.54, 1.807) is 0 Å². The first-order valence-corrected chi connectivity index (χ1v) is 6.78. The predicted molar refractivity (Wildman–Crippen MR) is 77.5 cm³/mol. The first kappa shape index (κ1) is 13.3. The highest BCUT2D eigenvalue weighted by atomic mass is 79.9. The van der Waals surface area contributed by atoms with Crippen LogP contribution in [0.4, 0.5) is 0 Å². The summed E-state index contributed by atoms with van der Waals surface area (Å²) < 4.78 is 3.00. The van der Waals surface area contributed by atoms with Gasteiger partial charge in [0, 0.05) is 29.7 Å². The Balaban J connectivity index is 2.21. The fourth-order valence-electron chi connectivity index (χ4n) is 2.25. The molecule has 0 radical (unpaired) electrons. The molecule has 0 saturated carbocycles. The molecule has 1 unspecified atom stereocenters. The molecule has 0 saturated heterocycles. The van der Waals surface area contributed by atoms with Gasteiger partial charge in [-0.15, -0.1) is 0 Å². The van der Waals surface area contributed by atoms with Gasteiger partial charge >= 0.3 is 0 Å². The number of hydrogen-bond donors (Lipinski definition) is 1. The van der Waals surface area contributed by atoms with Crippen molar-refractivity contribution in [1.29, 1.82) is 0 Å². The van der Waals surface area contributed by atoms with Crippen molar-refractivity contribution in [2.75, 3.05) is 0 Å². The number of benzene rings is 1. The zero-order valence-electron chi connectivity index (χ0n) is 10.9. The Hall–Kier alpha value is -1.13. The standard InChI is InChI=1S/C14H18BrN3/c1-9-6-11(15)4-5-13(9)14(16)8-12-7-10(2)17-18(12)3/h4-7,14H,8,16H2,1-3H3. The van der Waals surface area contributed by atoms with Crippen LogP contribution >= 0.6 is 15.9 Å². The predicted octanol–water partition coefficient (Wildman–Crippen LogP) is 3.04. The maximum Gasteiger partial charge on any atom is 0.0596 e. The minimum absolute atomic E-state index is 0.00731. The highest BCUT2D eigenvalue weighted by Crippen LogP contribution is 2.23. The topological polar surface area (TPSA) is 43.8 Å². The van der Waals surface area contributed by atoms with Crippen molar-refractivity contribution >= 4 is 15.9 Å². The number of rotatable bonds is 3. The molecule has 96 valence electrons. The maximum atomic E-state index is 6.30. The van der Waals surface area contributed by atoms with Crippen LogP contribution in [-0.2, 0) is 13.5 Å². The molecule has 2 rings (SSSR count). The van der Waals surface area contributed by atoms with Gasteiger partial charge in [0.25, 0.3) is 0 Å². The molecule has 0 fully saturated rings. The van der Waals surface area contributed by atoms with E-state index >= 15 is 0 Å². The molecule has 4 heteroatoms. The first-order valence-electron chi connectivity index (χ1n) is 5.98. The lowest BCUT2D eigenvalue weighted by Gasteiger charge is -2.15. The summed E-state index contributed by atoms with van der Waals surface area (Å²) in [5.74, 6) is 0. The molecule has 0 aliphatic carbocycles. The van der Waals surface area contributed by atoms with E-state index in [9.17, 15) is 0 Å². The van der Waals surface area contributed by atoms with E-state index in [4.69, 9.17) is 5.73 Å². The normalized spacial score (nSPS) is 12.7. The first-order chi connectivity index (χ1) is 8.47. The second-order valence-corrected chi connectivity index (χ2v) is 5.63. The second-order valence-electron chi connectivity index (χ2n) is 4.71. The third-order valence-corrected chi connectivity index (χ3v) is 3.65. The fourth-order valence-corrected chi connectivity index (χ4v) is 2.72. The van der Waals surface area contributed by atoms with Crippen molar-refractivity contribution in [1.82, 2.24) is 9.78 Å². The summed E-state index contributed by atoms with van der Waals surface area (Å²) in [6, 6.07) is 8.33. The molecule has 0 bridgehead atoms. The van der Waals surface area contributed by atoms with Crippen LogP contribution < -0.4 is 5.73 Å². The summed E-state index contributed by atoms with van der Waals surface area (Å²) >= 11 is 3.47. The highest BCUT2D eigenvalue weighted by molar-refractivity contribution is 9.10. The Labute approximate surface area is 116 Å². The monoisotopic (exact) mass is 307 g/mol. The fraction of sp³-hybridized carbons (Fsp3) is 0.357. The van der Waals surface area contributed by atoms with Crippen molar-refractivity contribution in [2.24, 2.45) is 12.8 Å². The average molecular weight is 308 g/mol. The molecule has 1 atom stereocenters. The van der Waals surface area contributed by atoms with Crippen LogP contribution in [0.2, 0.25) is 0 Å². The highest BCUT2D eigenvalue weighted by Gasteiger charge is 2.12. The molecule has 0 spiro atoms. The van der Waals surface area contributed by atoms with Gasteiger partial charge in [-0.3, -0.25) is 4.68 Å². The lowest BCUT2D eigenvalue weighted by molar-refractivity contribution is 0.637. The van der Waals surface area contributed by atoms with E-state index in [0.29, 0.717) is 0 Å². The Morgan fingerprint density at radius 2 is 2.06 bits per heavy atom. The SMILES string of the molecule is Cc1cc(CC(N)c2ccc(Br)cc2C)n(C)n1. The van der Waals surface area contributed by atoms with Crippen molar-refractivity contribution in [3.63, 3.8) is 0 Å². The van der Waals surface area contributed by atoms with Gasteiger partial charge in [-0.05, 0) is 43.2 Å². The summed E-state index contributed by atoms with van der Waals surface area (Å²) in [7, 11) is 1.96. The summed E-state index contributed by atoms with van der Waals surface area (Å²) in [6.07, 6.45) is 0.805. The largest absolute Gasteiger partial charge is 0.324 e. The number of halogens is 1. The van der Waals surface area contributed by atoms with E-state index in [-0.39, 0.29) is 6.04 Å². The van der Waals surface area contributed by atoms with Crippen molar-refractivity contribution in [2.45, 2.75) is 26.3 Å². The lowest BCUT2D eigenvalue weighted by atomic mass is 9.98. The molecule has 1 heterocycles. The van der Waals surface area contributed by atoms with Crippen LogP contribution in [0.5, 0.6) is 0 Å². The van der Waals surface area contributed by atoms with E-state index in [1.807, 2.05) is 24.7 Å². The van der Waals surface area contributed by atoms with E-state index in [2.05, 4.69) is 46.2 Å². The molecule has 0 aliphatic rings. The Kier molecular flexibility index (Phi) is 3.88. The van der Waals surface area contributed by atoms with Crippen LogP contribution in [0, 0.1) is 13.8 Å². The van der Waals surface area contributed by atoms with Gasteiger partial charge in [-0.25, -0.2) is 0 Å². The molecule has 1 aromatic heterocycles. The summed E-state index contributed by atoms with van der Waals surface area (Å²) in [5, 5.41) is 4.35. The molecular weight excluding hydrogens is 290 g/mol. The number of aromatic nitrogens is 2. The number of aryl methyl sites for hydroxylation is 3. The molecule has 3 nitrogen and oxygen atoms in total. The third kappa shape index (κ3) is 2.82. The number of hydrogen-bond acceptors (Lipinski definition) is 2. The van der Waals surface area contributed by atoms with Gasteiger partial charge in [0.15, 0.2) is 0 Å². The van der Waals surface area contributed by atoms with Gasteiger partial charge in [-0.2, -0.15) is 5.10 Å². The Morgan fingerprint density at radius 1 is 1.33 bits per heavy atom. The van der Waals surface area contributed by atoms with Gasteiger partial charge in [-0.1, -0.05) is 22.0 Å². The maximum absolute atomic E-state index is 6.30. The molecule has 2 aromatic rings. The van der Waals surface area contributed by atoms with Crippen LogP contribution in [-0.4, -0.2) is 9.78 Å². The van der Waals surface area contributed by atoms with Crippen molar-refractivity contribution in [3.8, 4) is 0 Å². The number of nitrogens with two attached hydrogens (primary N) is 1. The van der Waals surface area contributed by atoms with E-state index in [0.717, 1.165) is 16.6 Å². The average Bonchev–Trinajstić information content (AvgIpc) is 2.57.